The minimum atomic E-state index is 0.0898. The molecule has 0 saturated heterocycles. The van der Waals surface area contributed by atoms with E-state index in [4.69, 9.17) is 0 Å². The molecule has 0 radical (unpaired) electrons. The molecule has 0 aliphatic carbocycles. The molecule has 0 aromatic heterocycles. The molecule has 51 heavy (non-hydrogen) atoms. The molecule has 2 aromatic carbocycles. The van der Waals surface area contributed by atoms with Crippen LogP contribution in [0.5, 0.6) is 0 Å². The minimum Gasteiger partial charge on any atom is -0.326 e. The van der Waals surface area contributed by atoms with Crippen LogP contribution in [0.1, 0.15) is 167 Å². The highest BCUT2D eigenvalue weighted by Crippen LogP contribution is 2.17. The van der Waals surface area contributed by atoms with Gasteiger partial charge < -0.3 is 20.4 Å². The van der Waals surface area contributed by atoms with E-state index in [0.717, 1.165) is 57.1 Å². The molecule has 0 aliphatic heterocycles. The van der Waals surface area contributed by atoms with Crippen LogP contribution in [0.25, 0.3) is 0 Å². The van der Waals surface area contributed by atoms with Crippen LogP contribution in [0.4, 0.5) is 11.4 Å². The lowest BCUT2D eigenvalue weighted by atomic mass is 10.0. The molecular weight excluding hydrogens is 629 g/mol. The second-order valence-corrected chi connectivity index (χ2v) is 14.8. The maximum Gasteiger partial charge on any atom is 0.225 e. The maximum absolute atomic E-state index is 12.8. The van der Waals surface area contributed by atoms with Gasteiger partial charge in [-0.15, -0.1) is 0 Å². The number of rotatable bonds is 32. The Kier molecular flexibility index (Phi) is 26.0. The van der Waals surface area contributed by atoms with Gasteiger partial charge in [0.2, 0.25) is 11.8 Å². The van der Waals surface area contributed by atoms with Crippen molar-refractivity contribution in [3.8, 4) is 0 Å². The van der Waals surface area contributed by atoms with Gasteiger partial charge in [-0.2, -0.15) is 0 Å². The first-order valence-electron chi connectivity index (χ1n) is 21.2. The lowest BCUT2D eigenvalue weighted by Crippen LogP contribution is -2.30. The van der Waals surface area contributed by atoms with E-state index >= 15 is 0 Å². The third kappa shape index (κ3) is 22.8. The largest absolute Gasteiger partial charge is 0.326 e. The van der Waals surface area contributed by atoms with Crippen LogP contribution < -0.4 is 10.6 Å². The molecule has 0 fully saturated rings. The van der Waals surface area contributed by atoms with Gasteiger partial charge in [-0.05, 0) is 93.7 Å². The van der Waals surface area contributed by atoms with Gasteiger partial charge >= 0.3 is 0 Å². The third-order valence-electron chi connectivity index (χ3n) is 10.0. The van der Waals surface area contributed by atoms with Crippen LogP contribution in [-0.2, 0) is 16.0 Å². The number of nitrogens with zero attached hydrogens (tertiary/aromatic N) is 2. The predicted molar refractivity (Wildman–Crippen MR) is 221 cm³/mol. The van der Waals surface area contributed by atoms with Gasteiger partial charge in [0.1, 0.15) is 0 Å². The van der Waals surface area contributed by atoms with E-state index in [1.165, 1.54) is 127 Å². The van der Waals surface area contributed by atoms with E-state index in [9.17, 15) is 9.59 Å². The molecule has 0 atom stereocenters. The first-order chi connectivity index (χ1) is 25.0. The fourth-order valence-corrected chi connectivity index (χ4v) is 6.69. The highest BCUT2D eigenvalue weighted by Gasteiger charge is 2.11. The number of unbranched alkanes of at least 4 members (excludes halogenated alkanes) is 14. The molecule has 6 nitrogen and oxygen atoms in total. The number of amides is 2. The van der Waals surface area contributed by atoms with E-state index in [0.29, 0.717) is 12.8 Å². The van der Waals surface area contributed by atoms with Crippen molar-refractivity contribution in [1.82, 2.24) is 9.80 Å². The quantitative estimate of drug-likeness (QED) is 0.0744. The van der Waals surface area contributed by atoms with E-state index in [1.807, 2.05) is 24.3 Å². The van der Waals surface area contributed by atoms with Crippen molar-refractivity contribution in [3.63, 3.8) is 0 Å². The Balaban J connectivity index is 1.77. The zero-order valence-electron chi connectivity index (χ0n) is 33.4. The highest BCUT2D eigenvalue weighted by molar-refractivity contribution is 5.91. The topological polar surface area (TPSA) is 64.7 Å². The Labute approximate surface area is 313 Å². The van der Waals surface area contributed by atoms with Crippen LogP contribution in [0.2, 0.25) is 0 Å². The fourth-order valence-electron chi connectivity index (χ4n) is 6.69. The SMILES string of the molecule is CCCCCCCN(CCCCCC)CCC(=O)Nc1ccc(Cc2ccc(NC(=O)CCN(CCCCCC)CCCCCCC)cc2)cc1. The average Bonchev–Trinajstić information content (AvgIpc) is 3.13. The first kappa shape index (κ1) is 44.5. The molecule has 0 aliphatic rings. The lowest BCUT2D eigenvalue weighted by Gasteiger charge is -2.22. The summed E-state index contributed by atoms with van der Waals surface area (Å²) in [5, 5.41) is 6.23. The second kappa shape index (κ2) is 29.8. The van der Waals surface area contributed by atoms with Gasteiger partial charge in [0.15, 0.2) is 0 Å². The number of carbonyl (C=O) groups excluding carboxylic acids is 2. The summed E-state index contributed by atoms with van der Waals surface area (Å²) >= 11 is 0. The van der Waals surface area contributed by atoms with Crippen LogP contribution in [-0.4, -0.2) is 60.9 Å². The Morgan fingerprint density at radius 3 is 1.02 bits per heavy atom. The van der Waals surface area contributed by atoms with Crippen LogP contribution in [0, 0.1) is 0 Å². The Morgan fingerprint density at radius 2 is 0.706 bits per heavy atom. The van der Waals surface area contributed by atoms with Crippen molar-refractivity contribution in [2.45, 2.75) is 163 Å². The van der Waals surface area contributed by atoms with Gasteiger partial charge in [-0.3, -0.25) is 9.59 Å². The molecule has 2 N–H and O–H groups in total. The number of anilines is 2. The zero-order valence-corrected chi connectivity index (χ0v) is 33.4. The van der Waals surface area contributed by atoms with Crippen LogP contribution in [0.3, 0.4) is 0 Å². The molecule has 0 bridgehead atoms. The maximum atomic E-state index is 12.8. The number of benzene rings is 2. The number of carbonyl (C=O) groups is 2. The fraction of sp³-hybridized carbons (Fsp3) is 0.689. The van der Waals surface area contributed by atoms with Gasteiger partial charge in [0.05, 0.1) is 0 Å². The second-order valence-electron chi connectivity index (χ2n) is 14.8. The average molecular weight is 705 g/mol. The van der Waals surface area contributed by atoms with E-state index in [1.54, 1.807) is 0 Å². The summed E-state index contributed by atoms with van der Waals surface area (Å²) in [4.78, 5) is 30.7. The normalized spacial score (nSPS) is 11.4. The Morgan fingerprint density at radius 1 is 0.412 bits per heavy atom. The summed E-state index contributed by atoms with van der Waals surface area (Å²) < 4.78 is 0. The number of hydrogen-bond acceptors (Lipinski definition) is 4. The summed E-state index contributed by atoms with van der Waals surface area (Å²) in [6, 6.07) is 16.4. The van der Waals surface area contributed by atoms with Crippen molar-refractivity contribution in [2.24, 2.45) is 0 Å². The predicted octanol–water partition coefficient (Wildman–Crippen LogP) is 11.6. The van der Waals surface area contributed by atoms with Gasteiger partial charge in [0, 0.05) is 37.3 Å². The summed E-state index contributed by atoms with van der Waals surface area (Å²) in [7, 11) is 0. The van der Waals surface area contributed by atoms with Crippen LogP contribution >= 0.6 is 0 Å². The van der Waals surface area contributed by atoms with Gasteiger partial charge in [-0.25, -0.2) is 0 Å². The van der Waals surface area contributed by atoms with Crippen molar-refractivity contribution in [1.29, 1.82) is 0 Å². The summed E-state index contributed by atoms with van der Waals surface area (Å²) in [5.74, 6) is 0.180. The molecule has 6 heteroatoms. The Hall–Kier alpha value is -2.70. The van der Waals surface area contributed by atoms with Crippen molar-refractivity contribution in [3.05, 3.63) is 59.7 Å². The van der Waals surface area contributed by atoms with E-state index in [-0.39, 0.29) is 11.8 Å². The molecule has 0 saturated carbocycles. The molecule has 0 unspecified atom stereocenters. The lowest BCUT2D eigenvalue weighted by molar-refractivity contribution is -0.117. The Bertz CT molecular complexity index is 1040. The highest BCUT2D eigenvalue weighted by atomic mass is 16.2. The summed E-state index contributed by atoms with van der Waals surface area (Å²) in [6.45, 7) is 15.1. The molecule has 2 rings (SSSR count). The van der Waals surface area contributed by atoms with Crippen molar-refractivity contribution in [2.75, 3.05) is 49.9 Å². The van der Waals surface area contributed by atoms with E-state index < -0.39 is 0 Å². The smallest absolute Gasteiger partial charge is 0.225 e. The zero-order chi connectivity index (χ0) is 36.8. The van der Waals surface area contributed by atoms with Crippen LogP contribution in [0.15, 0.2) is 48.5 Å². The first-order valence-corrected chi connectivity index (χ1v) is 21.2. The molecule has 0 spiro atoms. The van der Waals surface area contributed by atoms with E-state index in [2.05, 4.69) is 72.4 Å². The molecule has 0 heterocycles. The molecular formula is C45H76N4O2. The third-order valence-corrected chi connectivity index (χ3v) is 10.0. The summed E-state index contributed by atoms with van der Waals surface area (Å²) in [5.41, 5.74) is 4.10. The molecule has 2 amide bonds. The van der Waals surface area contributed by atoms with Gasteiger partial charge in [-0.1, -0.05) is 142 Å². The summed E-state index contributed by atoms with van der Waals surface area (Å²) in [6.07, 6.45) is 24.8. The monoisotopic (exact) mass is 705 g/mol. The van der Waals surface area contributed by atoms with Crippen molar-refractivity contribution >= 4 is 23.2 Å². The standard InChI is InChI=1S/C45H76N4O2/c1-5-9-13-17-21-35-48(33-19-15-11-7-3)37-31-44(50)46-42-27-23-40(24-28-42)39-41-25-29-43(30-26-41)47-45(51)32-38-49(34-20-16-12-8-4)36-22-18-14-10-6-2/h23-30H,5-22,31-39H2,1-4H3,(H,46,50)(H,47,51). The molecule has 288 valence electrons. The minimum absolute atomic E-state index is 0.0898. The van der Waals surface area contributed by atoms with Gasteiger partial charge in [0.25, 0.3) is 0 Å². The van der Waals surface area contributed by atoms with Crippen molar-refractivity contribution < 1.29 is 9.59 Å². The number of nitrogens with one attached hydrogen (secondary N) is 2. The molecule has 2 aromatic rings. The number of hydrogen-bond donors (Lipinski definition) is 2.